The van der Waals surface area contributed by atoms with Crippen molar-refractivity contribution in [3.63, 3.8) is 0 Å². The summed E-state index contributed by atoms with van der Waals surface area (Å²) in [4.78, 5) is 0. The molecule has 1 fully saturated rings. The summed E-state index contributed by atoms with van der Waals surface area (Å²) in [6, 6.07) is 15.9. The van der Waals surface area contributed by atoms with Gasteiger partial charge in [-0.1, -0.05) is 60.8 Å². The molecule has 4 aromatic rings. The van der Waals surface area contributed by atoms with Crippen LogP contribution in [0.5, 0.6) is 5.75 Å². The molecular weight excluding hydrogens is 470 g/mol. The Kier molecular flexibility index (Phi) is 7.10. The Morgan fingerprint density at radius 3 is 2.62 bits per heavy atom. The van der Waals surface area contributed by atoms with Crippen LogP contribution in [0.15, 0.2) is 53.7 Å². The van der Waals surface area contributed by atoms with E-state index >= 15 is 0 Å². The van der Waals surface area contributed by atoms with Crippen LogP contribution < -0.4 is 4.74 Å². The van der Waals surface area contributed by atoms with E-state index in [1.807, 2.05) is 55.5 Å². The van der Waals surface area contributed by atoms with E-state index in [1.165, 1.54) is 19.3 Å². The SMILES string of the molecule is Cc1cc(Cl)ccc1OCc1nnc(SCc2nnnn2-c2ccccc2)n1C1CCCCC1. The van der Waals surface area contributed by atoms with Crippen molar-refractivity contribution in [3.8, 4) is 11.4 Å². The molecule has 176 valence electrons. The van der Waals surface area contributed by atoms with Crippen molar-refractivity contribution >= 4 is 23.4 Å². The number of benzene rings is 2. The van der Waals surface area contributed by atoms with Crippen LogP contribution in [-0.2, 0) is 12.4 Å². The fourth-order valence-corrected chi connectivity index (χ4v) is 5.48. The third-order valence-electron chi connectivity index (χ3n) is 6.03. The van der Waals surface area contributed by atoms with Crippen molar-refractivity contribution in [2.75, 3.05) is 0 Å². The third-order valence-corrected chi connectivity index (χ3v) is 7.21. The maximum absolute atomic E-state index is 6.12. The number of thioether (sulfide) groups is 1. The molecule has 0 radical (unpaired) electrons. The second-order valence-electron chi connectivity index (χ2n) is 8.39. The Labute approximate surface area is 207 Å². The summed E-state index contributed by atoms with van der Waals surface area (Å²) < 4.78 is 10.2. The molecule has 2 heterocycles. The molecule has 8 nitrogen and oxygen atoms in total. The summed E-state index contributed by atoms with van der Waals surface area (Å²) in [5, 5.41) is 22.9. The number of hydrogen-bond acceptors (Lipinski definition) is 7. The van der Waals surface area contributed by atoms with Gasteiger partial charge in [0.2, 0.25) is 0 Å². The highest BCUT2D eigenvalue weighted by molar-refractivity contribution is 7.98. The Hall–Kier alpha value is -2.91. The van der Waals surface area contributed by atoms with Crippen LogP contribution in [0.25, 0.3) is 5.69 Å². The second-order valence-corrected chi connectivity index (χ2v) is 9.77. The summed E-state index contributed by atoms with van der Waals surface area (Å²) in [7, 11) is 0. The quantitative estimate of drug-likeness (QED) is 0.294. The molecule has 0 aliphatic heterocycles. The third kappa shape index (κ3) is 5.10. The Balaban J connectivity index is 1.36. The normalized spacial score (nSPS) is 14.4. The maximum Gasteiger partial charge on any atom is 0.192 e. The Morgan fingerprint density at radius 2 is 1.82 bits per heavy atom. The molecule has 0 saturated heterocycles. The first-order valence-corrected chi connectivity index (χ1v) is 12.8. The molecule has 34 heavy (non-hydrogen) atoms. The largest absolute Gasteiger partial charge is 0.485 e. The monoisotopic (exact) mass is 495 g/mol. The number of para-hydroxylation sites is 1. The van der Waals surface area contributed by atoms with Crippen molar-refractivity contribution in [2.45, 2.75) is 62.6 Å². The predicted molar refractivity (Wildman–Crippen MR) is 131 cm³/mol. The van der Waals surface area contributed by atoms with Crippen LogP contribution in [0.4, 0.5) is 0 Å². The van der Waals surface area contributed by atoms with Gasteiger partial charge in [-0.2, -0.15) is 4.68 Å². The summed E-state index contributed by atoms with van der Waals surface area (Å²) in [6.45, 7) is 2.35. The maximum atomic E-state index is 6.12. The molecule has 1 aliphatic rings. The van der Waals surface area contributed by atoms with Crippen molar-refractivity contribution in [2.24, 2.45) is 0 Å². The van der Waals surface area contributed by atoms with Gasteiger partial charge in [-0.05, 0) is 66.1 Å². The molecule has 10 heteroatoms. The molecule has 2 aromatic heterocycles. The molecule has 0 spiro atoms. The highest BCUT2D eigenvalue weighted by Crippen LogP contribution is 2.34. The van der Waals surface area contributed by atoms with Crippen molar-refractivity contribution in [1.82, 2.24) is 35.0 Å². The van der Waals surface area contributed by atoms with Gasteiger partial charge in [0.05, 0.1) is 11.4 Å². The number of hydrogen-bond donors (Lipinski definition) is 0. The van der Waals surface area contributed by atoms with Gasteiger partial charge in [0.15, 0.2) is 16.8 Å². The van der Waals surface area contributed by atoms with Gasteiger partial charge < -0.3 is 4.74 Å². The number of rotatable bonds is 8. The predicted octanol–water partition coefficient (Wildman–Crippen LogP) is 5.59. The van der Waals surface area contributed by atoms with E-state index in [-0.39, 0.29) is 0 Å². The fourth-order valence-electron chi connectivity index (χ4n) is 4.32. The lowest BCUT2D eigenvalue weighted by molar-refractivity contribution is 0.264. The van der Waals surface area contributed by atoms with Gasteiger partial charge in [-0.15, -0.1) is 15.3 Å². The number of aromatic nitrogens is 7. The van der Waals surface area contributed by atoms with Crippen LogP contribution in [0.1, 0.15) is 55.4 Å². The van der Waals surface area contributed by atoms with E-state index in [4.69, 9.17) is 16.3 Å². The van der Waals surface area contributed by atoms with Crippen molar-refractivity contribution in [1.29, 1.82) is 0 Å². The first-order chi connectivity index (χ1) is 16.7. The van der Waals surface area contributed by atoms with Gasteiger partial charge in [0, 0.05) is 11.1 Å². The fraction of sp³-hybridized carbons (Fsp3) is 0.375. The average Bonchev–Trinajstić information content (AvgIpc) is 3.50. The summed E-state index contributed by atoms with van der Waals surface area (Å²) in [6.07, 6.45) is 5.97. The standard InChI is InChI=1S/C24H26ClN7OS/c1-17-14-18(25)12-13-21(17)33-15-22-26-28-24(31(22)19-8-4-2-5-9-19)34-16-23-27-29-30-32(23)20-10-6-3-7-11-20/h3,6-7,10-14,19H,2,4-5,8-9,15-16H2,1H3. The van der Waals surface area contributed by atoms with E-state index in [2.05, 4.69) is 30.3 Å². The first-order valence-electron chi connectivity index (χ1n) is 11.5. The van der Waals surface area contributed by atoms with E-state index < -0.39 is 0 Å². The van der Waals surface area contributed by atoms with Crippen LogP contribution in [0.3, 0.4) is 0 Å². The lowest BCUT2D eigenvalue weighted by Crippen LogP contribution is -2.18. The molecule has 1 aliphatic carbocycles. The van der Waals surface area contributed by atoms with Gasteiger partial charge in [-0.3, -0.25) is 4.57 Å². The molecular formula is C24H26ClN7OS. The zero-order chi connectivity index (χ0) is 23.3. The molecule has 1 saturated carbocycles. The van der Waals surface area contributed by atoms with Crippen molar-refractivity contribution < 1.29 is 4.74 Å². The molecule has 0 atom stereocenters. The van der Waals surface area contributed by atoms with E-state index in [9.17, 15) is 0 Å². The number of halogens is 1. The minimum absolute atomic E-state index is 0.355. The molecule has 5 rings (SSSR count). The zero-order valence-electron chi connectivity index (χ0n) is 19.0. The first kappa shape index (κ1) is 22.9. The molecule has 0 N–H and O–H groups in total. The van der Waals surface area contributed by atoms with Gasteiger partial charge in [-0.25, -0.2) is 0 Å². The highest BCUT2D eigenvalue weighted by atomic mass is 35.5. The van der Waals surface area contributed by atoms with E-state index in [0.29, 0.717) is 23.4 Å². The molecule has 0 bridgehead atoms. The lowest BCUT2D eigenvalue weighted by atomic mass is 9.95. The van der Waals surface area contributed by atoms with Crippen LogP contribution in [-0.4, -0.2) is 35.0 Å². The second kappa shape index (κ2) is 10.6. The number of aryl methyl sites for hydroxylation is 1. The Bertz CT molecular complexity index is 1240. The van der Waals surface area contributed by atoms with Gasteiger partial charge in [0.25, 0.3) is 0 Å². The topological polar surface area (TPSA) is 83.5 Å². The summed E-state index contributed by atoms with van der Waals surface area (Å²) in [5.41, 5.74) is 1.93. The lowest BCUT2D eigenvalue weighted by Gasteiger charge is -2.25. The van der Waals surface area contributed by atoms with Crippen LogP contribution in [0.2, 0.25) is 5.02 Å². The van der Waals surface area contributed by atoms with E-state index in [0.717, 1.165) is 46.6 Å². The molecule has 0 amide bonds. The number of tetrazole rings is 1. The average molecular weight is 496 g/mol. The minimum Gasteiger partial charge on any atom is -0.485 e. The smallest absolute Gasteiger partial charge is 0.192 e. The van der Waals surface area contributed by atoms with Crippen molar-refractivity contribution in [3.05, 3.63) is 70.8 Å². The van der Waals surface area contributed by atoms with Crippen LogP contribution >= 0.6 is 23.4 Å². The Morgan fingerprint density at radius 1 is 1.00 bits per heavy atom. The summed E-state index contributed by atoms with van der Waals surface area (Å²) in [5.74, 6) is 3.00. The van der Waals surface area contributed by atoms with Crippen LogP contribution in [0, 0.1) is 6.92 Å². The number of nitrogens with zero attached hydrogens (tertiary/aromatic N) is 7. The number of ether oxygens (including phenoxy) is 1. The van der Waals surface area contributed by atoms with Gasteiger partial charge in [0.1, 0.15) is 12.4 Å². The molecule has 0 unspecified atom stereocenters. The highest BCUT2D eigenvalue weighted by Gasteiger charge is 2.24. The molecule has 2 aromatic carbocycles. The minimum atomic E-state index is 0.355. The summed E-state index contributed by atoms with van der Waals surface area (Å²) >= 11 is 7.70. The van der Waals surface area contributed by atoms with Gasteiger partial charge >= 0.3 is 0 Å². The zero-order valence-corrected chi connectivity index (χ0v) is 20.5. The van der Waals surface area contributed by atoms with E-state index in [1.54, 1.807) is 16.4 Å².